The van der Waals surface area contributed by atoms with Crippen LogP contribution in [0.4, 0.5) is 10.5 Å². The lowest BCUT2D eigenvalue weighted by Crippen LogP contribution is -2.38. The number of nitrogens with one attached hydrogen (secondary N) is 2. The quantitative estimate of drug-likeness (QED) is 0.551. The second-order valence-electron chi connectivity index (χ2n) is 4.39. The van der Waals surface area contributed by atoms with Crippen LogP contribution in [0.1, 0.15) is 19.4 Å². The van der Waals surface area contributed by atoms with Gasteiger partial charge in [0.25, 0.3) is 0 Å². The minimum absolute atomic E-state index is 0.120. The van der Waals surface area contributed by atoms with E-state index in [2.05, 4.69) is 10.6 Å². The van der Waals surface area contributed by atoms with Crippen LogP contribution < -0.4 is 10.6 Å². The van der Waals surface area contributed by atoms with E-state index in [-0.39, 0.29) is 18.7 Å². The van der Waals surface area contributed by atoms with Crippen molar-refractivity contribution in [3.63, 3.8) is 0 Å². The van der Waals surface area contributed by atoms with Crippen molar-refractivity contribution in [1.82, 2.24) is 5.32 Å². The Labute approximate surface area is 123 Å². The van der Waals surface area contributed by atoms with E-state index in [1.807, 2.05) is 0 Å². The predicted molar refractivity (Wildman–Crippen MR) is 80.8 cm³/mol. The van der Waals surface area contributed by atoms with Gasteiger partial charge in [-0.1, -0.05) is 12.1 Å². The van der Waals surface area contributed by atoms with E-state index < -0.39 is 5.97 Å². The Morgan fingerprint density at radius 1 is 1.33 bits per heavy atom. The normalized spacial score (nSPS) is 12.0. The van der Waals surface area contributed by atoms with Gasteiger partial charge in [-0.15, -0.1) is 0 Å². The molecule has 0 heterocycles. The van der Waals surface area contributed by atoms with Crippen molar-refractivity contribution < 1.29 is 19.4 Å². The molecular formula is C15H20N2O4. The summed E-state index contributed by atoms with van der Waals surface area (Å²) in [6, 6.07) is 6.27. The topological polar surface area (TPSA) is 87.7 Å². The Hall–Kier alpha value is -2.34. The Balaban J connectivity index is 2.54. The van der Waals surface area contributed by atoms with Crippen molar-refractivity contribution in [2.45, 2.75) is 19.9 Å². The van der Waals surface area contributed by atoms with Crippen molar-refractivity contribution in [2.24, 2.45) is 0 Å². The molecule has 1 rings (SSSR count). The van der Waals surface area contributed by atoms with Crippen molar-refractivity contribution in [3.05, 3.63) is 35.9 Å². The smallest absolute Gasteiger partial charge is 0.330 e. The number of aliphatic hydroxyl groups is 1. The SMILES string of the molecule is CCOC(=O)/C=C\c1ccc(NC(=O)N[C@@H](C)CO)cc1. The van der Waals surface area contributed by atoms with Gasteiger partial charge < -0.3 is 20.5 Å². The third-order valence-electron chi connectivity index (χ3n) is 2.52. The molecule has 0 aliphatic carbocycles. The lowest BCUT2D eigenvalue weighted by molar-refractivity contribution is -0.137. The van der Waals surface area contributed by atoms with E-state index in [9.17, 15) is 9.59 Å². The molecule has 1 aromatic rings. The highest BCUT2D eigenvalue weighted by Crippen LogP contribution is 2.10. The van der Waals surface area contributed by atoms with Gasteiger partial charge in [-0.25, -0.2) is 9.59 Å². The molecule has 0 aromatic heterocycles. The van der Waals surface area contributed by atoms with Gasteiger partial charge in [0, 0.05) is 11.8 Å². The van der Waals surface area contributed by atoms with Crippen molar-refractivity contribution in [1.29, 1.82) is 0 Å². The lowest BCUT2D eigenvalue weighted by atomic mass is 10.2. The average Bonchev–Trinajstić information content (AvgIpc) is 2.46. The van der Waals surface area contributed by atoms with E-state index in [1.54, 1.807) is 44.2 Å². The first-order valence-electron chi connectivity index (χ1n) is 6.68. The Morgan fingerprint density at radius 3 is 2.57 bits per heavy atom. The van der Waals surface area contributed by atoms with E-state index in [1.165, 1.54) is 6.08 Å². The van der Waals surface area contributed by atoms with Gasteiger partial charge in [-0.05, 0) is 37.6 Å². The van der Waals surface area contributed by atoms with Crippen molar-refractivity contribution in [3.8, 4) is 0 Å². The third-order valence-corrected chi connectivity index (χ3v) is 2.52. The Bertz CT molecular complexity index is 497. The first kappa shape index (κ1) is 16.7. The number of amides is 2. The molecule has 1 atom stereocenters. The molecular weight excluding hydrogens is 272 g/mol. The van der Waals surface area contributed by atoms with Crippen LogP contribution in [-0.4, -0.2) is 36.4 Å². The van der Waals surface area contributed by atoms with Gasteiger partial charge in [0.1, 0.15) is 0 Å². The largest absolute Gasteiger partial charge is 0.463 e. The molecule has 21 heavy (non-hydrogen) atoms. The molecule has 0 bridgehead atoms. The highest BCUT2D eigenvalue weighted by atomic mass is 16.5. The molecule has 114 valence electrons. The number of hydrogen-bond donors (Lipinski definition) is 3. The van der Waals surface area contributed by atoms with Gasteiger partial charge in [-0.2, -0.15) is 0 Å². The number of rotatable bonds is 6. The van der Waals surface area contributed by atoms with Gasteiger partial charge in [0.15, 0.2) is 0 Å². The maximum Gasteiger partial charge on any atom is 0.330 e. The number of ether oxygens (including phenoxy) is 1. The van der Waals surface area contributed by atoms with Gasteiger partial charge >= 0.3 is 12.0 Å². The van der Waals surface area contributed by atoms with Crippen LogP contribution in [0.15, 0.2) is 30.3 Å². The van der Waals surface area contributed by atoms with Crippen LogP contribution in [-0.2, 0) is 9.53 Å². The van der Waals surface area contributed by atoms with Crippen LogP contribution >= 0.6 is 0 Å². The number of esters is 1. The van der Waals surface area contributed by atoms with Crippen LogP contribution in [0.5, 0.6) is 0 Å². The fourth-order valence-corrected chi connectivity index (χ4v) is 1.47. The molecule has 3 N–H and O–H groups in total. The summed E-state index contributed by atoms with van der Waals surface area (Å²) < 4.78 is 4.78. The predicted octanol–water partition coefficient (Wildman–Crippen LogP) is 1.77. The fourth-order valence-electron chi connectivity index (χ4n) is 1.47. The first-order valence-corrected chi connectivity index (χ1v) is 6.68. The van der Waals surface area contributed by atoms with Crippen molar-refractivity contribution >= 4 is 23.8 Å². The number of aliphatic hydroxyl groups excluding tert-OH is 1. The molecule has 2 amide bonds. The van der Waals surface area contributed by atoms with Gasteiger partial charge in [-0.3, -0.25) is 0 Å². The molecule has 0 aliphatic rings. The number of carbonyl (C=O) groups is 2. The summed E-state index contributed by atoms with van der Waals surface area (Å²) in [7, 11) is 0. The highest BCUT2D eigenvalue weighted by molar-refractivity contribution is 5.90. The maximum atomic E-state index is 11.5. The molecule has 0 radical (unpaired) electrons. The summed E-state index contributed by atoms with van der Waals surface area (Å²) in [6.07, 6.45) is 2.98. The van der Waals surface area contributed by atoms with Crippen LogP contribution in [0, 0.1) is 0 Å². The molecule has 6 heteroatoms. The van der Waals surface area contributed by atoms with E-state index in [0.29, 0.717) is 12.3 Å². The highest BCUT2D eigenvalue weighted by Gasteiger charge is 2.05. The molecule has 0 saturated heterocycles. The fraction of sp³-hybridized carbons (Fsp3) is 0.333. The van der Waals surface area contributed by atoms with Crippen LogP contribution in [0.2, 0.25) is 0 Å². The number of benzene rings is 1. The van der Waals surface area contributed by atoms with Gasteiger partial charge in [0.2, 0.25) is 0 Å². The molecule has 0 spiro atoms. The Morgan fingerprint density at radius 2 is 2.00 bits per heavy atom. The second-order valence-corrected chi connectivity index (χ2v) is 4.39. The number of anilines is 1. The van der Waals surface area contributed by atoms with Crippen molar-refractivity contribution in [2.75, 3.05) is 18.5 Å². The summed E-state index contributed by atoms with van der Waals surface area (Å²) >= 11 is 0. The molecule has 6 nitrogen and oxygen atoms in total. The summed E-state index contributed by atoms with van der Waals surface area (Å²) in [5.41, 5.74) is 1.43. The molecule has 0 fully saturated rings. The summed E-state index contributed by atoms with van der Waals surface area (Å²) in [4.78, 5) is 22.7. The van der Waals surface area contributed by atoms with Crippen LogP contribution in [0.3, 0.4) is 0 Å². The average molecular weight is 292 g/mol. The summed E-state index contributed by atoms with van der Waals surface area (Å²) in [5.74, 6) is -0.392. The molecule has 0 unspecified atom stereocenters. The zero-order valence-corrected chi connectivity index (χ0v) is 12.1. The number of hydrogen-bond acceptors (Lipinski definition) is 4. The monoisotopic (exact) mass is 292 g/mol. The number of carbonyl (C=O) groups excluding carboxylic acids is 2. The van der Waals surface area contributed by atoms with E-state index in [4.69, 9.17) is 9.84 Å². The first-order chi connectivity index (χ1) is 10.0. The van der Waals surface area contributed by atoms with Gasteiger partial charge in [0.05, 0.1) is 19.3 Å². The maximum absolute atomic E-state index is 11.5. The molecule has 1 aromatic carbocycles. The number of urea groups is 1. The minimum Gasteiger partial charge on any atom is -0.463 e. The summed E-state index contributed by atoms with van der Waals surface area (Å²) in [6.45, 7) is 3.66. The van der Waals surface area contributed by atoms with E-state index >= 15 is 0 Å². The minimum atomic E-state index is -0.392. The van der Waals surface area contributed by atoms with Crippen LogP contribution in [0.25, 0.3) is 6.08 Å². The molecule has 0 aliphatic heterocycles. The standard InChI is InChI=1S/C15H20N2O4/c1-3-21-14(19)9-6-12-4-7-13(8-5-12)17-15(20)16-11(2)10-18/h4-9,11,18H,3,10H2,1-2H3,(H2,16,17,20)/b9-6-/t11-/m0/s1. The third kappa shape index (κ3) is 6.58. The second kappa shape index (κ2) is 8.76. The zero-order chi connectivity index (χ0) is 15.7. The zero-order valence-electron chi connectivity index (χ0n) is 12.1. The molecule has 0 saturated carbocycles. The Kier molecular flexibility index (Phi) is 6.97. The summed E-state index contributed by atoms with van der Waals surface area (Å²) in [5, 5.41) is 14.1. The van der Waals surface area contributed by atoms with E-state index in [0.717, 1.165) is 5.56 Å². The lowest BCUT2D eigenvalue weighted by Gasteiger charge is -2.11.